The second kappa shape index (κ2) is 3.37. The molecule has 0 N–H and O–H groups in total. The first kappa shape index (κ1) is 9.13. The molecule has 1 heterocycles. The average Bonchev–Trinajstić information content (AvgIpc) is 2.16. The zero-order valence-electron chi connectivity index (χ0n) is 8.29. The van der Waals surface area contributed by atoms with Crippen LogP contribution in [0.5, 0.6) is 0 Å². The number of hydrogen-bond acceptors (Lipinski definition) is 1. The first-order chi connectivity index (χ1) is 6.68. The second-order valence-corrected chi connectivity index (χ2v) is 3.75. The Morgan fingerprint density at radius 3 is 2.79 bits per heavy atom. The third-order valence-corrected chi connectivity index (χ3v) is 2.37. The van der Waals surface area contributed by atoms with Gasteiger partial charge >= 0.3 is 0 Å². The van der Waals surface area contributed by atoms with Gasteiger partial charge in [-0.05, 0) is 35.1 Å². The molecule has 0 radical (unpaired) electrons. The molecule has 14 heavy (non-hydrogen) atoms. The average molecular weight is 189 g/mol. The van der Waals surface area contributed by atoms with Crippen molar-refractivity contribution in [1.82, 2.24) is 4.98 Å². The zero-order valence-corrected chi connectivity index (χ0v) is 8.29. The highest BCUT2D eigenvalue weighted by molar-refractivity contribution is 5.85. The Bertz CT molecular complexity index is 463. The van der Waals surface area contributed by atoms with Crippen molar-refractivity contribution >= 4 is 10.8 Å². The molecule has 0 amide bonds. The molecule has 0 atom stereocenters. The van der Waals surface area contributed by atoms with Crippen molar-refractivity contribution in [3.8, 4) is 0 Å². The highest BCUT2D eigenvalue weighted by atomic mass is 19.1. The molecule has 1 aromatic heterocycles. The molecule has 2 heteroatoms. The Kier molecular flexibility index (Phi) is 2.20. The summed E-state index contributed by atoms with van der Waals surface area (Å²) in [5.74, 6) is 0.143. The molecular weight excluding hydrogens is 177 g/mol. The predicted octanol–water partition coefficient (Wildman–Crippen LogP) is 3.50. The molecule has 0 fully saturated rings. The number of aromatic nitrogens is 1. The summed E-state index contributed by atoms with van der Waals surface area (Å²) in [6, 6.07) is 4.97. The summed E-state index contributed by atoms with van der Waals surface area (Å²) in [6.45, 7) is 4.11. The van der Waals surface area contributed by atoms with E-state index in [1.165, 1.54) is 0 Å². The summed E-state index contributed by atoms with van der Waals surface area (Å²) < 4.78 is 13.2. The lowest BCUT2D eigenvalue weighted by Crippen LogP contribution is -1.91. The lowest BCUT2D eigenvalue weighted by Gasteiger charge is -2.09. The molecule has 2 rings (SSSR count). The van der Waals surface area contributed by atoms with Crippen LogP contribution < -0.4 is 0 Å². The van der Waals surface area contributed by atoms with Crippen molar-refractivity contribution in [3.63, 3.8) is 0 Å². The number of fused-ring (bicyclic) bond motifs is 1. The van der Waals surface area contributed by atoms with Gasteiger partial charge in [-0.3, -0.25) is 4.98 Å². The maximum Gasteiger partial charge on any atom is 0.124 e. The van der Waals surface area contributed by atoms with Gasteiger partial charge in [0.25, 0.3) is 0 Å². The minimum absolute atomic E-state index is 0.174. The number of rotatable bonds is 1. The Hall–Kier alpha value is -1.44. The van der Waals surface area contributed by atoms with Crippen LogP contribution in [0.15, 0.2) is 30.6 Å². The molecule has 0 aliphatic heterocycles. The van der Waals surface area contributed by atoms with Crippen LogP contribution in [0.2, 0.25) is 0 Å². The van der Waals surface area contributed by atoms with Crippen LogP contribution in [0.25, 0.3) is 10.8 Å². The quantitative estimate of drug-likeness (QED) is 0.669. The standard InChI is InChI=1S/C12H12FN/c1-8(2)11-6-10(13)5-9-3-4-14-7-12(9)11/h3-8H,1-2H3. The summed E-state index contributed by atoms with van der Waals surface area (Å²) in [5.41, 5.74) is 1.02. The van der Waals surface area contributed by atoms with Crippen molar-refractivity contribution in [2.45, 2.75) is 19.8 Å². The van der Waals surface area contributed by atoms with Crippen LogP contribution >= 0.6 is 0 Å². The van der Waals surface area contributed by atoms with Gasteiger partial charge in [-0.1, -0.05) is 13.8 Å². The lowest BCUT2D eigenvalue weighted by molar-refractivity contribution is 0.626. The molecule has 0 bridgehead atoms. The fraction of sp³-hybridized carbons (Fsp3) is 0.250. The van der Waals surface area contributed by atoms with E-state index < -0.39 is 0 Å². The number of halogens is 1. The molecule has 0 saturated carbocycles. The van der Waals surface area contributed by atoms with Crippen LogP contribution in [-0.2, 0) is 0 Å². The van der Waals surface area contributed by atoms with Crippen molar-refractivity contribution in [2.75, 3.05) is 0 Å². The van der Waals surface area contributed by atoms with Crippen molar-refractivity contribution < 1.29 is 4.39 Å². The molecule has 0 aliphatic rings. The molecule has 1 aromatic carbocycles. The van der Waals surface area contributed by atoms with E-state index >= 15 is 0 Å². The van der Waals surface area contributed by atoms with E-state index in [1.807, 2.05) is 6.07 Å². The van der Waals surface area contributed by atoms with Crippen LogP contribution in [0.3, 0.4) is 0 Å². The van der Waals surface area contributed by atoms with Crippen molar-refractivity contribution in [3.05, 3.63) is 42.0 Å². The van der Waals surface area contributed by atoms with Gasteiger partial charge in [0.15, 0.2) is 0 Å². The number of nitrogens with zero attached hydrogens (tertiary/aromatic N) is 1. The van der Waals surface area contributed by atoms with E-state index in [-0.39, 0.29) is 5.82 Å². The molecule has 0 spiro atoms. The molecule has 72 valence electrons. The van der Waals surface area contributed by atoms with Crippen LogP contribution in [0.1, 0.15) is 25.3 Å². The summed E-state index contributed by atoms with van der Waals surface area (Å²) in [4.78, 5) is 4.06. The van der Waals surface area contributed by atoms with Gasteiger partial charge in [0.05, 0.1) is 0 Å². The lowest BCUT2D eigenvalue weighted by atomic mass is 9.97. The summed E-state index contributed by atoms with van der Waals surface area (Å²) in [6.07, 6.45) is 3.48. The molecule has 2 aromatic rings. The van der Waals surface area contributed by atoms with Crippen LogP contribution in [-0.4, -0.2) is 4.98 Å². The Balaban J connectivity index is 2.80. The van der Waals surface area contributed by atoms with Gasteiger partial charge in [0.2, 0.25) is 0 Å². The SMILES string of the molecule is CC(C)c1cc(F)cc2ccncc12. The van der Waals surface area contributed by atoms with Crippen molar-refractivity contribution in [1.29, 1.82) is 0 Å². The van der Waals surface area contributed by atoms with Gasteiger partial charge in [-0.2, -0.15) is 0 Å². The fourth-order valence-electron chi connectivity index (χ4n) is 1.67. The third-order valence-electron chi connectivity index (χ3n) is 2.37. The third kappa shape index (κ3) is 1.48. The molecule has 0 saturated heterocycles. The van der Waals surface area contributed by atoms with Crippen LogP contribution in [0, 0.1) is 5.82 Å². The number of hydrogen-bond donors (Lipinski definition) is 0. The van der Waals surface area contributed by atoms with Crippen LogP contribution in [0.4, 0.5) is 4.39 Å². The predicted molar refractivity (Wildman–Crippen MR) is 55.8 cm³/mol. The maximum atomic E-state index is 13.2. The van der Waals surface area contributed by atoms with E-state index in [0.29, 0.717) is 5.92 Å². The first-order valence-electron chi connectivity index (χ1n) is 4.71. The molecule has 0 aliphatic carbocycles. The summed E-state index contributed by atoms with van der Waals surface area (Å²) in [5, 5.41) is 1.97. The minimum atomic E-state index is -0.174. The molecule has 1 nitrogen and oxygen atoms in total. The maximum absolute atomic E-state index is 13.2. The number of pyridine rings is 1. The first-order valence-corrected chi connectivity index (χ1v) is 4.71. The van der Waals surface area contributed by atoms with E-state index in [0.717, 1.165) is 16.3 Å². The van der Waals surface area contributed by atoms with Gasteiger partial charge in [-0.25, -0.2) is 4.39 Å². The Labute approximate surface area is 82.6 Å². The highest BCUT2D eigenvalue weighted by Crippen LogP contribution is 2.25. The van der Waals surface area contributed by atoms with E-state index in [2.05, 4.69) is 18.8 Å². The monoisotopic (exact) mass is 189 g/mol. The molecular formula is C12H12FN. The summed E-state index contributed by atoms with van der Waals surface area (Å²) >= 11 is 0. The van der Waals surface area contributed by atoms with Gasteiger partial charge in [0.1, 0.15) is 5.82 Å². The highest BCUT2D eigenvalue weighted by Gasteiger charge is 2.07. The molecule has 0 unspecified atom stereocenters. The van der Waals surface area contributed by atoms with Crippen molar-refractivity contribution in [2.24, 2.45) is 0 Å². The second-order valence-electron chi connectivity index (χ2n) is 3.75. The van der Waals surface area contributed by atoms with E-state index in [1.54, 1.807) is 24.5 Å². The largest absolute Gasteiger partial charge is 0.264 e. The zero-order chi connectivity index (χ0) is 10.1. The van der Waals surface area contributed by atoms with E-state index in [9.17, 15) is 4.39 Å². The van der Waals surface area contributed by atoms with E-state index in [4.69, 9.17) is 0 Å². The Morgan fingerprint density at radius 1 is 1.29 bits per heavy atom. The Morgan fingerprint density at radius 2 is 2.07 bits per heavy atom. The van der Waals surface area contributed by atoms with Gasteiger partial charge < -0.3 is 0 Å². The fourth-order valence-corrected chi connectivity index (χ4v) is 1.67. The smallest absolute Gasteiger partial charge is 0.124 e. The van der Waals surface area contributed by atoms with Gasteiger partial charge in [0, 0.05) is 17.8 Å². The normalized spacial score (nSPS) is 11.1. The minimum Gasteiger partial charge on any atom is -0.264 e. The number of benzene rings is 1. The summed E-state index contributed by atoms with van der Waals surface area (Å²) in [7, 11) is 0. The topological polar surface area (TPSA) is 12.9 Å². The van der Waals surface area contributed by atoms with Gasteiger partial charge in [-0.15, -0.1) is 0 Å².